The van der Waals surface area contributed by atoms with Gasteiger partial charge in [0.1, 0.15) is 16.5 Å². The average molecular weight is 363 g/mol. The first-order valence-electron chi connectivity index (χ1n) is 8.12. The lowest BCUT2D eigenvalue weighted by atomic mass is 10.2. The molecule has 4 aromatic rings. The number of nitrogens with zero attached hydrogens (tertiary/aromatic N) is 2. The third-order valence-corrected chi connectivity index (χ3v) is 5.13. The molecule has 0 aliphatic carbocycles. The molecular weight excluding hydrogens is 346 g/mol. The molecule has 1 amide bonds. The number of para-hydroxylation sites is 3. The summed E-state index contributed by atoms with van der Waals surface area (Å²) in [4.78, 5) is 17.1. The molecule has 130 valence electrons. The molecular formula is C20H17N3O2S. The van der Waals surface area contributed by atoms with Crippen LogP contribution in [0.4, 0.5) is 5.69 Å². The summed E-state index contributed by atoms with van der Waals surface area (Å²) in [7, 11) is 3.58. The van der Waals surface area contributed by atoms with Crippen LogP contribution in [-0.4, -0.2) is 22.6 Å². The van der Waals surface area contributed by atoms with Crippen molar-refractivity contribution in [1.82, 2.24) is 9.55 Å². The minimum absolute atomic E-state index is 0.254. The van der Waals surface area contributed by atoms with Crippen molar-refractivity contribution < 1.29 is 9.53 Å². The van der Waals surface area contributed by atoms with Crippen LogP contribution in [0.1, 0.15) is 10.5 Å². The fourth-order valence-corrected chi connectivity index (χ4v) is 3.77. The standard InChI is InChI=1S/C20H17N3O2S/c1-23-16-9-5-3-7-13(16)11-17(23)20-22-15(12-26-20)19(24)21-14-8-4-6-10-18(14)25-2/h3-12H,1-2H3,(H,21,24). The van der Waals surface area contributed by atoms with E-state index in [0.29, 0.717) is 17.1 Å². The van der Waals surface area contributed by atoms with Crippen molar-refractivity contribution in [2.45, 2.75) is 0 Å². The first kappa shape index (κ1) is 16.4. The number of carbonyl (C=O) groups is 1. The predicted octanol–water partition coefficient (Wildman–Crippen LogP) is 4.56. The molecule has 0 unspecified atom stereocenters. The van der Waals surface area contributed by atoms with Crippen LogP contribution in [0.3, 0.4) is 0 Å². The molecule has 0 saturated carbocycles. The van der Waals surface area contributed by atoms with Crippen LogP contribution in [0, 0.1) is 0 Å². The van der Waals surface area contributed by atoms with Crippen molar-refractivity contribution in [3.05, 3.63) is 65.7 Å². The van der Waals surface area contributed by atoms with Gasteiger partial charge in [0.2, 0.25) is 0 Å². The number of fused-ring (bicyclic) bond motifs is 1. The minimum atomic E-state index is -0.254. The molecule has 2 aromatic carbocycles. The molecule has 1 N–H and O–H groups in total. The third-order valence-electron chi connectivity index (χ3n) is 4.26. The zero-order chi connectivity index (χ0) is 18.1. The lowest BCUT2D eigenvalue weighted by molar-refractivity contribution is 0.102. The van der Waals surface area contributed by atoms with Gasteiger partial charge in [-0.3, -0.25) is 4.79 Å². The lowest BCUT2D eigenvalue weighted by Gasteiger charge is -2.08. The van der Waals surface area contributed by atoms with Gasteiger partial charge in [0.25, 0.3) is 5.91 Å². The lowest BCUT2D eigenvalue weighted by Crippen LogP contribution is -2.13. The zero-order valence-electron chi connectivity index (χ0n) is 14.4. The maximum absolute atomic E-state index is 12.6. The summed E-state index contributed by atoms with van der Waals surface area (Å²) in [5.74, 6) is 0.362. The highest BCUT2D eigenvalue weighted by Gasteiger charge is 2.16. The second-order valence-corrected chi connectivity index (χ2v) is 6.70. The van der Waals surface area contributed by atoms with E-state index >= 15 is 0 Å². The van der Waals surface area contributed by atoms with Crippen LogP contribution in [0.5, 0.6) is 5.75 Å². The summed E-state index contributed by atoms with van der Waals surface area (Å²) in [5, 5.41) is 6.60. The number of benzene rings is 2. The Hall–Kier alpha value is -3.12. The molecule has 6 heteroatoms. The Labute approximate surface area is 154 Å². The molecule has 5 nitrogen and oxygen atoms in total. The molecule has 0 spiro atoms. The summed E-state index contributed by atoms with van der Waals surface area (Å²) < 4.78 is 7.36. The van der Waals surface area contributed by atoms with Gasteiger partial charge in [-0.25, -0.2) is 4.98 Å². The van der Waals surface area contributed by atoms with E-state index in [-0.39, 0.29) is 5.91 Å². The van der Waals surface area contributed by atoms with E-state index in [2.05, 4.69) is 33.1 Å². The maximum atomic E-state index is 12.6. The third kappa shape index (κ3) is 2.84. The van der Waals surface area contributed by atoms with Crippen molar-refractivity contribution in [1.29, 1.82) is 0 Å². The van der Waals surface area contributed by atoms with E-state index in [0.717, 1.165) is 21.6 Å². The first-order valence-corrected chi connectivity index (χ1v) is 9.00. The van der Waals surface area contributed by atoms with E-state index < -0.39 is 0 Å². The van der Waals surface area contributed by atoms with Crippen molar-refractivity contribution in [2.75, 3.05) is 12.4 Å². The highest BCUT2D eigenvalue weighted by molar-refractivity contribution is 7.13. The zero-order valence-corrected chi connectivity index (χ0v) is 15.2. The Morgan fingerprint density at radius 2 is 1.92 bits per heavy atom. The molecule has 4 rings (SSSR count). The molecule has 2 aromatic heterocycles. The fourth-order valence-electron chi connectivity index (χ4n) is 2.92. The SMILES string of the molecule is COc1ccccc1NC(=O)c1csc(-c2cc3ccccc3n2C)n1. The summed E-state index contributed by atoms with van der Waals surface area (Å²) in [6, 6.07) is 17.6. The van der Waals surface area contributed by atoms with Crippen molar-refractivity contribution in [2.24, 2.45) is 7.05 Å². The first-order chi connectivity index (χ1) is 12.7. The predicted molar refractivity (Wildman–Crippen MR) is 105 cm³/mol. The smallest absolute Gasteiger partial charge is 0.275 e. The number of methoxy groups -OCH3 is 1. The molecule has 0 saturated heterocycles. The number of rotatable bonds is 4. The Bertz CT molecular complexity index is 1100. The molecule has 0 bridgehead atoms. The quantitative estimate of drug-likeness (QED) is 0.578. The molecule has 2 heterocycles. The number of hydrogen-bond acceptors (Lipinski definition) is 4. The van der Waals surface area contributed by atoms with Crippen molar-refractivity contribution in [3.63, 3.8) is 0 Å². The second kappa shape index (κ2) is 6.65. The van der Waals surface area contributed by atoms with Crippen LogP contribution < -0.4 is 10.1 Å². The number of carbonyl (C=O) groups excluding carboxylic acids is 1. The maximum Gasteiger partial charge on any atom is 0.275 e. The van der Waals surface area contributed by atoms with E-state index in [1.807, 2.05) is 31.3 Å². The molecule has 26 heavy (non-hydrogen) atoms. The van der Waals surface area contributed by atoms with Gasteiger partial charge >= 0.3 is 0 Å². The molecule has 0 aliphatic heterocycles. The highest BCUT2D eigenvalue weighted by Crippen LogP contribution is 2.30. The van der Waals surface area contributed by atoms with Gasteiger partial charge < -0.3 is 14.6 Å². The van der Waals surface area contributed by atoms with E-state index in [1.165, 1.54) is 11.3 Å². The Morgan fingerprint density at radius 3 is 2.73 bits per heavy atom. The van der Waals surface area contributed by atoms with Gasteiger partial charge in [0.05, 0.1) is 18.5 Å². The largest absolute Gasteiger partial charge is 0.495 e. The van der Waals surface area contributed by atoms with Gasteiger partial charge in [-0.05, 0) is 24.3 Å². The highest BCUT2D eigenvalue weighted by atomic mass is 32.1. The number of hydrogen-bond donors (Lipinski definition) is 1. The van der Waals surface area contributed by atoms with Gasteiger partial charge in [-0.2, -0.15) is 0 Å². The van der Waals surface area contributed by atoms with Crippen LogP contribution in [-0.2, 0) is 7.05 Å². The van der Waals surface area contributed by atoms with Gasteiger partial charge in [0.15, 0.2) is 0 Å². The summed E-state index contributed by atoms with van der Waals surface area (Å²) >= 11 is 1.46. The number of nitrogens with one attached hydrogen (secondary N) is 1. The minimum Gasteiger partial charge on any atom is -0.495 e. The number of ether oxygens (including phenoxy) is 1. The van der Waals surface area contributed by atoms with E-state index in [4.69, 9.17) is 4.74 Å². The van der Waals surface area contributed by atoms with Gasteiger partial charge in [-0.1, -0.05) is 30.3 Å². The number of anilines is 1. The second-order valence-electron chi connectivity index (χ2n) is 5.84. The summed E-state index contributed by atoms with van der Waals surface area (Å²) in [6.07, 6.45) is 0. The van der Waals surface area contributed by atoms with Crippen molar-refractivity contribution in [3.8, 4) is 16.5 Å². The number of thiazole rings is 1. The van der Waals surface area contributed by atoms with Gasteiger partial charge in [-0.15, -0.1) is 11.3 Å². The topological polar surface area (TPSA) is 56.1 Å². The van der Waals surface area contributed by atoms with Crippen LogP contribution >= 0.6 is 11.3 Å². The van der Waals surface area contributed by atoms with Gasteiger partial charge in [0, 0.05) is 23.3 Å². The molecule has 0 fully saturated rings. The number of amides is 1. The summed E-state index contributed by atoms with van der Waals surface area (Å²) in [6.45, 7) is 0. The average Bonchev–Trinajstić information content (AvgIpc) is 3.28. The van der Waals surface area contributed by atoms with Crippen LogP contribution in [0.15, 0.2) is 60.0 Å². The van der Waals surface area contributed by atoms with Crippen molar-refractivity contribution >= 4 is 33.8 Å². The van der Waals surface area contributed by atoms with Crippen LogP contribution in [0.2, 0.25) is 0 Å². The van der Waals surface area contributed by atoms with Crippen LogP contribution in [0.25, 0.3) is 21.6 Å². The Kier molecular flexibility index (Phi) is 4.18. The molecule has 0 radical (unpaired) electrons. The Morgan fingerprint density at radius 1 is 1.15 bits per heavy atom. The fraction of sp³-hybridized carbons (Fsp3) is 0.100. The Balaban J connectivity index is 1.63. The van der Waals surface area contributed by atoms with E-state index in [9.17, 15) is 4.79 Å². The molecule has 0 atom stereocenters. The number of aryl methyl sites for hydroxylation is 1. The monoisotopic (exact) mass is 363 g/mol. The molecule has 0 aliphatic rings. The summed E-state index contributed by atoms with van der Waals surface area (Å²) in [5.41, 5.74) is 3.14. The van der Waals surface area contributed by atoms with E-state index in [1.54, 1.807) is 24.6 Å². The number of aromatic nitrogens is 2. The normalized spacial score (nSPS) is 10.8.